The first kappa shape index (κ1) is 13.4. The molecule has 1 N–H and O–H groups in total. The molecule has 3 rings (SSSR count). The molecule has 3 aromatic rings. The number of nitrogens with zero attached hydrogens (tertiary/aromatic N) is 3. The molecule has 7 heteroatoms. The van der Waals surface area contributed by atoms with Crippen molar-refractivity contribution in [1.82, 2.24) is 19.6 Å². The zero-order valence-electron chi connectivity index (χ0n) is 10.7. The predicted octanol–water partition coefficient (Wildman–Crippen LogP) is 1.95. The molecule has 0 unspecified atom stereocenters. The molecule has 0 aliphatic rings. The third kappa shape index (κ3) is 2.53. The highest BCUT2D eigenvalue weighted by atomic mass is 32.2. The highest BCUT2D eigenvalue weighted by molar-refractivity contribution is 7.99. The number of thioether (sulfide) groups is 1. The Balaban J connectivity index is 2.16. The van der Waals surface area contributed by atoms with Crippen LogP contribution >= 0.6 is 11.8 Å². The average Bonchev–Trinajstić information content (AvgIpc) is 2.90. The molecule has 1 aromatic carbocycles. The SMILES string of the molecule is C#CCSc1nc2c(-c3ccc(F)cc3)cnn2c(=O)[nH]1. The van der Waals surface area contributed by atoms with Gasteiger partial charge in [0.25, 0.3) is 0 Å². The van der Waals surface area contributed by atoms with Crippen LogP contribution in [-0.2, 0) is 0 Å². The Kier molecular flexibility index (Phi) is 3.46. The number of benzene rings is 1. The summed E-state index contributed by atoms with van der Waals surface area (Å²) < 4.78 is 14.2. The van der Waals surface area contributed by atoms with Crippen molar-refractivity contribution in [3.8, 4) is 23.5 Å². The maximum atomic E-state index is 13.0. The van der Waals surface area contributed by atoms with Crippen molar-refractivity contribution < 1.29 is 4.39 Å². The van der Waals surface area contributed by atoms with E-state index in [4.69, 9.17) is 6.42 Å². The Labute approximate surface area is 123 Å². The van der Waals surface area contributed by atoms with Crippen LogP contribution in [-0.4, -0.2) is 25.3 Å². The van der Waals surface area contributed by atoms with Gasteiger partial charge in [-0.25, -0.2) is 14.2 Å². The Morgan fingerprint density at radius 3 is 2.86 bits per heavy atom. The van der Waals surface area contributed by atoms with E-state index in [0.29, 0.717) is 22.1 Å². The minimum absolute atomic E-state index is 0.328. The highest BCUT2D eigenvalue weighted by Crippen LogP contribution is 2.23. The monoisotopic (exact) mass is 300 g/mol. The molecule has 0 fully saturated rings. The average molecular weight is 300 g/mol. The zero-order chi connectivity index (χ0) is 14.8. The van der Waals surface area contributed by atoms with Crippen LogP contribution in [0.15, 0.2) is 40.4 Å². The summed E-state index contributed by atoms with van der Waals surface area (Å²) in [6, 6.07) is 5.92. The van der Waals surface area contributed by atoms with Gasteiger partial charge in [0.15, 0.2) is 10.8 Å². The van der Waals surface area contributed by atoms with E-state index in [0.717, 1.165) is 5.56 Å². The number of fused-ring (bicyclic) bond motifs is 1. The molecule has 2 aromatic heterocycles. The van der Waals surface area contributed by atoms with E-state index >= 15 is 0 Å². The van der Waals surface area contributed by atoms with Gasteiger partial charge < -0.3 is 0 Å². The van der Waals surface area contributed by atoms with Crippen molar-refractivity contribution in [1.29, 1.82) is 0 Å². The normalized spacial score (nSPS) is 10.7. The maximum Gasteiger partial charge on any atom is 0.350 e. The Hall–Kier alpha value is -2.59. The molecular formula is C14H9FN4OS. The van der Waals surface area contributed by atoms with Crippen LogP contribution < -0.4 is 5.69 Å². The number of terminal acetylenes is 1. The molecule has 2 heterocycles. The summed E-state index contributed by atoms with van der Waals surface area (Å²) in [6.45, 7) is 0. The first-order valence-electron chi connectivity index (χ1n) is 5.99. The quantitative estimate of drug-likeness (QED) is 0.593. The number of rotatable bonds is 3. The lowest BCUT2D eigenvalue weighted by Crippen LogP contribution is -2.19. The molecule has 0 saturated carbocycles. The summed E-state index contributed by atoms with van der Waals surface area (Å²) in [5.41, 5.74) is 1.40. The van der Waals surface area contributed by atoms with Gasteiger partial charge in [0, 0.05) is 5.56 Å². The number of nitrogens with one attached hydrogen (secondary N) is 1. The van der Waals surface area contributed by atoms with E-state index in [9.17, 15) is 9.18 Å². The Bertz CT molecular complexity index is 892. The lowest BCUT2D eigenvalue weighted by atomic mass is 10.1. The summed E-state index contributed by atoms with van der Waals surface area (Å²) in [5.74, 6) is 2.54. The second-order valence-electron chi connectivity index (χ2n) is 4.14. The number of halogens is 1. The zero-order valence-corrected chi connectivity index (χ0v) is 11.5. The van der Waals surface area contributed by atoms with Crippen LogP contribution in [0.1, 0.15) is 0 Å². The van der Waals surface area contributed by atoms with Crippen molar-refractivity contribution >= 4 is 17.4 Å². The van der Waals surface area contributed by atoms with Crippen LogP contribution in [0.4, 0.5) is 4.39 Å². The molecule has 0 atom stereocenters. The molecule has 0 bridgehead atoms. The summed E-state index contributed by atoms with van der Waals surface area (Å²) in [4.78, 5) is 18.9. The number of aromatic amines is 1. The third-order valence-corrected chi connectivity index (χ3v) is 3.58. The van der Waals surface area contributed by atoms with E-state index in [2.05, 4.69) is 21.0 Å². The van der Waals surface area contributed by atoms with Gasteiger partial charge >= 0.3 is 5.69 Å². The fourth-order valence-electron chi connectivity index (χ4n) is 1.88. The topological polar surface area (TPSA) is 63.1 Å². The molecule has 104 valence electrons. The standard InChI is InChI=1S/C14H9FN4OS/c1-2-7-21-13-17-12-11(8-16-19(12)14(20)18-13)9-3-5-10(15)6-4-9/h1,3-6,8H,7H2,(H,17,18,20). The van der Waals surface area contributed by atoms with Crippen molar-refractivity contribution in [2.75, 3.05) is 5.75 Å². The van der Waals surface area contributed by atoms with Gasteiger partial charge in [-0.05, 0) is 17.7 Å². The highest BCUT2D eigenvalue weighted by Gasteiger charge is 2.12. The predicted molar refractivity (Wildman–Crippen MR) is 78.6 cm³/mol. The fraction of sp³-hybridized carbons (Fsp3) is 0.0714. The smallest absolute Gasteiger partial charge is 0.285 e. The van der Waals surface area contributed by atoms with E-state index in [1.807, 2.05) is 0 Å². The minimum atomic E-state index is -0.395. The molecule has 0 spiro atoms. The third-order valence-electron chi connectivity index (χ3n) is 2.80. The molecule has 0 saturated heterocycles. The second kappa shape index (κ2) is 5.42. The molecule has 21 heavy (non-hydrogen) atoms. The number of H-pyrrole nitrogens is 1. The molecule has 0 aliphatic carbocycles. The van der Waals surface area contributed by atoms with Gasteiger partial charge in [0.2, 0.25) is 0 Å². The van der Waals surface area contributed by atoms with E-state index in [-0.39, 0.29) is 5.82 Å². The van der Waals surface area contributed by atoms with Gasteiger partial charge in [-0.3, -0.25) is 4.98 Å². The first-order valence-corrected chi connectivity index (χ1v) is 6.98. The van der Waals surface area contributed by atoms with Gasteiger partial charge in [-0.2, -0.15) is 9.61 Å². The summed E-state index contributed by atoms with van der Waals surface area (Å²) in [7, 11) is 0. The lowest BCUT2D eigenvalue weighted by Gasteiger charge is -2.01. The van der Waals surface area contributed by atoms with E-state index < -0.39 is 5.69 Å². The molecule has 5 nitrogen and oxygen atoms in total. The van der Waals surface area contributed by atoms with Gasteiger partial charge in [-0.15, -0.1) is 6.42 Å². The summed E-state index contributed by atoms with van der Waals surface area (Å²) in [5, 5.41) is 4.43. The number of hydrogen-bond acceptors (Lipinski definition) is 4. The Morgan fingerprint density at radius 1 is 1.38 bits per heavy atom. The molecular weight excluding hydrogens is 291 g/mol. The van der Waals surface area contributed by atoms with Crippen LogP contribution in [0.3, 0.4) is 0 Å². The van der Waals surface area contributed by atoms with Crippen molar-refractivity contribution in [3.05, 3.63) is 46.8 Å². The van der Waals surface area contributed by atoms with E-state index in [1.54, 1.807) is 12.1 Å². The van der Waals surface area contributed by atoms with Crippen LogP contribution in [0.2, 0.25) is 0 Å². The van der Waals surface area contributed by atoms with E-state index in [1.165, 1.54) is 34.6 Å². The largest absolute Gasteiger partial charge is 0.350 e. The summed E-state index contributed by atoms with van der Waals surface area (Å²) in [6.07, 6.45) is 6.73. The lowest BCUT2D eigenvalue weighted by molar-refractivity contribution is 0.628. The second-order valence-corrected chi connectivity index (χ2v) is 5.10. The molecule has 0 radical (unpaired) electrons. The van der Waals surface area contributed by atoms with Crippen molar-refractivity contribution in [2.24, 2.45) is 0 Å². The molecule has 0 amide bonds. The summed E-state index contributed by atoms with van der Waals surface area (Å²) >= 11 is 1.26. The number of aromatic nitrogens is 4. The Morgan fingerprint density at radius 2 is 2.14 bits per heavy atom. The molecule has 0 aliphatic heterocycles. The number of hydrogen-bond donors (Lipinski definition) is 1. The fourth-order valence-corrected chi connectivity index (χ4v) is 2.41. The minimum Gasteiger partial charge on any atom is -0.285 e. The first-order chi connectivity index (χ1) is 10.2. The van der Waals surface area contributed by atoms with Gasteiger partial charge in [0.05, 0.1) is 11.9 Å². The van der Waals surface area contributed by atoms with Crippen LogP contribution in [0, 0.1) is 18.2 Å². The van der Waals surface area contributed by atoms with Crippen LogP contribution in [0.25, 0.3) is 16.8 Å². The van der Waals surface area contributed by atoms with Crippen molar-refractivity contribution in [2.45, 2.75) is 5.16 Å². The van der Waals surface area contributed by atoms with Gasteiger partial charge in [-0.1, -0.05) is 29.8 Å². The van der Waals surface area contributed by atoms with Crippen LogP contribution in [0.5, 0.6) is 0 Å². The van der Waals surface area contributed by atoms with Gasteiger partial charge in [0.1, 0.15) is 5.82 Å². The van der Waals surface area contributed by atoms with Crippen molar-refractivity contribution in [3.63, 3.8) is 0 Å². The maximum absolute atomic E-state index is 13.0.